The van der Waals surface area contributed by atoms with Gasteiger partial charge in [-0.15, -0.1) is 0 Å². The Balaban J connectivity index is 1.22. The average molecular weight is 632 g/mol. The SMILES string of the molecule is O=C(N[C@H]1CCCCC/C=C\C2C[C@@]2(C(=O)O)NC(=O)[C@@H]2C[C@@H](O/N=C/c3ccnc4ccccc34)CN2C1=O)OC1CCCC1. The van der Waals surface area contributed by atoms with Gasteiger partial charge in [0.05, 0.1) is 18.3 Å². The lowest BCUT2D eigenvalue weighted by molar-refractivity contribution is -0.145. The number of aromatic nitrogens is 1. The normalized spacial score (nSPS) is 29.7. The van der Waals surface area contributed by atoms with E-state index in [1.165, 1.54) is 4.90 Å². The van der Waals surface area contributed by atoms with Crippen molar-refractivity contribution in [2.24, 2.45) is 11.1 Å². The summed E-state index contributed by atoms with van der Waals surface area (Å²) in [4.78, 5) is 64.7. The van der Waals surface area contributed by atoms with Gasteiger partial charge in [-0.2, -0.15) is 0 Å². The first-order valence-corrected chi connectivity index (χ1v) is 16.4. The van der Waals surface area contributed by atoms with Crippen molar-refractivity contribution in [3.63, 3.8) is 0 Å². The van der Waals surface area contributed by atoms with Gasteiger partial charge in [-0.05, 0) is 63.5 Å². The number of carbonyl (C=O) groups excluding carboxylic acids is 3. The van der Waals surface area contributed by atoms with Crippen LogP contribution in [0.4, 0.5) is 4.79 Å². The molecule has 0 spiro atoms. The van der Waals surface area contributed by atoms with E-state index in [1.54, 1.807) is 12.4 Å². The summed E-state index contributed by atoms with van der Waals surface area (Å²) in [5.41, 5.74) is 0.199. The highest BCUT2D eigenvalue weighted by atomic mass is 16.6. The summed E-state index contributed by atoms with van der Waals surface area (Å²) in [6.07, 6.45) is 13.2. The summed E-state index contributed by atoms with van der Waals surface area (Å²) in [6.45, 7) is 0.0462. The van der Waals surface area contributed by atoms with Crippen molar-refractivity contribution < 1.29 is 33.9 Å². The van der Waals surface area contributed by atoms with Gasteiger partial charge in [-0.25, -0.2) is 9.59 Å². The van der Waals surface area contributed by atoms with E-state index >= 15 is 0 Å². The van der Waals surface area contributed by atoms with Gasteiger partial charge in [-0.1, -0.05) is 48.3 Å². The predicted molar refractivity (Wildman–Crippen MR) is 169 cm³/mol. The highest BCUT2D eigenvalue weighted by molar-refractivity contribution is 5.98. The topological polar surface area (TPSA) is 160 Å². The molecule has 46 heavy (non-hydrogen) atoms. The van der Waals surface area contributed by atoms with Gasteiger partial charge in [0.25, 0.3) is 0 Å². The second-order valence-corrected chi connectivity index (χ2v) is 12.8. The molecule has 1 aromatic heterocycles. The van der Waals surface area contributed by atoms with E-state index in [0.29, 0.717) is 12.8 Å². The number of amides is 3. The molecule has 3 heterocycles. The van der Waals surface area contributed by atoms with E-state index in [2.05, 4.69) is 20.8 Å². The zero-order valence-electron chi connectivity index (χ0n) is 25.8. The van der Waals surface area contributed by atoms with Crippen LogP contribution in [0.3, 0.4) is 0 Å². The molecule has 3 N–H and O–H groups in total. The number of fused-ring (bicyclic) bond motifs is 3. The number of rotatable bonds is 6. The lowest BCUT2D eigenvalue weighted by Crippen LogP contribution is -2.56. The quantitative estimate of drug-likeness (QED) is 0.244. The van der Waals surface area contributed by atoms with Gasteiger partial charge in [-0.3, -0.25) is 14.6 Å². The Morgan fingerprint density at radius 2 is 1.87 bits per heavy atom. The third-order valence-corrected chi connectivity index (χ3v) is 9.57. The molecular formula is C34H41N5O7. The number of para-hydroxylation sites is 1. The number of carbonyl (C=O) groups is 4. The number of allylic oxidation sites excluding steroid dienone is 1. The fourth-order valence-corrected chi connectivity index (χ4v) is 6.88. The predicted octanol–water partition coefficient (Wildman–Crippen LogP) is 4.07. The summed E-state index contributed by atoms with van der Waals surface area (Å²) in [5.74, 6) is -2.42. The Bertz CT molecular complexity index is 1520. The first kappa shape index (κ1) is 31.5. The molecule has 4 aliphatic rings. The van der Waals surface area contributed by atoms with E-state index in [1.807, 2.05) is 42.5 Å². The Hall–Kier alpha value is -4.48. The first-order valence-electron chi connectivity index (χ1n) is 16.4. The Labute approximate surface area is 267 Å². The van der Waals surface area contributed by atoms with Crippen molar-refractivity contribution in [3.8, 4) is 0 Å². The molecular weight excluding hydrogens is 590 g/mol. The number of hydrogen-bond acceptors (Lipinski definition) is 8. The highest BCUT2D eigenvalue weighted by Crippen LogP contribution is 2.45. The Morgan fingerprint density at radius 3 is 2.70 bits per heavy atom. The molecule has 3 fully saturated rings. The molecule has 2 aliphatic carbocycles. The van der Waals surface area contributed by atoms with Crippen molar-refractivity contribution in [1.82, 2.24) is 20.5 Å². The fourth-order valence-electron chi connectivity index (χ4n) is 6.88. The molecule has 1 unspecified atom stereocenters. The number of pyridine rings is 1. The van der Waals surface area contributed by atoms with Crippen LogP contribution in [0.1, 0.15) is 76.2 Å². The van der Waals surface area contributed by atoms with Crippen molar-refractivity contribution in [2.45, 2.75) is 100 Å². The zero-order chi connectivity index (χ0) is 32.1. The van der Waals surface area contributed by atoms with Gasteiger partial charge < -0.3 is 30.2 Å². The number of oxime groups is 1. The molecule has 5 atom stereocenters. The lowest BCUT2D eigenvalue weighted by atomic mass is 10.0. The molecule has 1 saturated heterocycles. The zero-order valence-corrected chi connectivity index (χ0v) is 25.8. The maximum absolute atomic E-state index is 14.1. The van der Waals surface area contributed by atoms with Gasteiger partial charge in [0.2, 0.25) is 11.8 Å². The van der Waals surface area contributed by atoms with Crippen LogP contribution in [0.2, 0.25) is 0 Å². The summed E-state index contributed by atoms with van der Waals surface area (Å²) >= 11 is 0. The summed E-state index contributed by atoms with van der Waals surface area (Å²) < 4.78 is 5.60. The number of benzene rings is 1. The van der Waals surface area contributed by atoms with Crippen LogP contribution >= 0.6 is 0 Å². The number of nitrogens with zero attached hydrogens (tertiary/aromatic N) is 3. The van der Waals surface area contributed by atoms with Crippen molar-refractivity contribution >= 4 is 41.0 Å². The molecule has 0 radical (unpaired) electrons. The number of carboxylic acids is 1. The van der Waals surface area contributed by atoms with Crippen molar-refractivity contribution in [3.05, 3.63) is 54.2 Å². The van der Waals surface area contributed by atoms with E-state index in [9.17, 15) is 24.3 Å². The molecule has 12 nitrogen and oxygen atoms in total. The van der Waals surface area contributed by atoms with Crippen LogP contribution in [-0.4, -0.2) is 81.5 Å². The van der Waals surface area contributed by atoms with E-state index < -0.39 is 47.6 Å². The summed E-state index contributed by atoms with van der Waals surface area (Å²) in [5, 5.41) is 20.7. The molecule has 3 amide bonds. The Kier molecular flexibility index (Phi) is 9.51. The summed E-state index contributed by atoms with van der Waals surface area (Å²) in [7, 11) is 0. The minimum Gasteiger partial charge on any atom is -0.479 e. The number of carboxylic acid groups (broad SMARTS) is 1. The van der Waals surface area contributed by atoms with Crippen LogP contribution < -0.4 is 10.6 Å². The van der Waals surface area contributed by atoms with E-state index in [0.717, 1.165) is 61.4 Å². The molecule has 2 aliphatic heterocycles. The van der Waals surface area contributed by atoms with E-state index in [-0.39, 0.29) is 31.4 Å². The largest absolute Gasteiger partial charge is 0.479 e. The highest BCUT2D eigenvalue weighted by Gasteiger charge is 2.61. The maximum Gasteiger partial charge on any atom is 0.408 e. The van der Waals surface area contributed by atoms with Crippen LogP contribution in [0.5, 0.6) is 0 Å². The third-order valence-electron chi connectivity index (χ3n) is 9.57. The maximum atomic E-state index is 14.1. The van der Waals surface area contributed by atoms with Crippen LogP contribution in [0, 0.1) is 5.92 Å². The lowest BCUT2D eigenvalue weighted by Gasteiger charge is -2.29. The van der Waals surface area contributed by atoms with Gasteiger partial charge >= 0.3 is 12.1 Å². The number of nitrogens with one attached hydrogen (secondary N) is 2. The van der Waals surface area contributed by atoms with Gasteiger partial charge in [0, 0.05) is 29.5 Å². The Morgan fingerprint density at radius 1 is 1.07 bits per heavy atom. The van der Waals surface area contributed by atoms with Gasteiger partial charge in [0.15, 0.2) is 0 Å². The first-order chi connectivity index (χ1) is 22.3. The van der Waals surface area contributed by atoms with Crippen molar-refractivity contribution in [2.75, 3.05) is 6.54 Å². The second kappa shape index (κ2) is 13.9. The molecule has 2 saturated carbocycles. The van der Waals surface area contributed by atoms with E-state index in [4.69, 9.17) is 9.57 Å². The minimum atomic E-state index is -1.41. The second-order valence-electron chi connectivity index (χ2n) is 12.8. The number of aliphatic carboxylic acids is 1. The third kappa shape index (κ3) is 7.00. The molecule has 244 valence electrons. The van der Waals surface area contributed by atoms with Crippen molar-refractivity contribution in [1.29, 1.82) is 0 Å². The molecule has 1 aromatic carbocycles. The molecule has 2 aromatic rings. The van der Waals surface area contributed by atoms with Crippen LogP contribution in [-0.2, 0) is 24.0 Å². The number of hydrogen-bond donors (Lipinski definition) is 3. The standard InChI is InChI=1S/C34H41N5O7/c40-30-29-18-25(46-36-20-22-16-17-35-27-14-9-8-13-26(22)27)21-39(29)31(41)28(37-33(44)45-24-11-6-7-12-24)15-5-3-1-2-4-10-23-19-34(23,38-30)32(42)43/h4,8-10,13-14,16-17,20,23-25,28-29H,1-3,5-7,11-12,15,18-19,21H2,(H,37,44)(H,38,40)(H,42,43)/b10-4-,36-20+/t23?,25-,28+,29+,34-/m1/s1. The molecule has 12 heteroatoms. The minimum absolute atomic E-state index is 0.0462. The number of ether oxygens (including phenoxy) is 1. The monoisotopic (exact) mass is 631 g/mol. The fraction of sp³-hybridized carbons (Fsp3) is 0.529. The molecule has 6 rings (SSSR count). The summed E-state index contributed by atoms with van der Waals surface area (Å²) in [6, 6.07) is 7.55. The smallest absolute Gasteiger partial charge is 0.408 e. The molecule has 0 bridgehead atoms. The average Bonchev–Trinajstić information content (AvgIpc) is 3.33. The van der Waals surface area contributed by atoms with Gasteiger partial charge in [0.1, 0.15) is 29.8 Å². The van der Waals surface area contributed by atoms with Crippen LogP contribution in [0.25, 0.3) is 10.9 Å². The number of alkyl carbamates (subject to hydrolysis) is 1. The van der Waals surface area contributed by atoms with Crippen LogP contribution in [0.15, 0.2) is 53.8 Å².